The summed E-state index contributed by atoms with van der Waals surface area (Å²) in [6.45, 7) is 1.86. The summed E-state index contributed by atoms with van der Waals surface area (Å²) in [5, 5.41) is 18.8. The number of hydrogen-bond donors (Lipinski definition) is 2. The average molecular weight is 277 g/mol. The minimum atomic E-state index is -0.844. The van der Waals surface area contributed by atoms with E-state index < -0.39 is 18.1 Å². The zero-order chi connectivity index (χ0) is 14.1. The number of carboxylic acid groups (broad SMARTS) is 1. The standard InChI is InChI=1S/C15H19NO4/c17-12-8-13(15(18)19)16(9-12)5-3-10-1-2-14-11(7-10)4-6-20-14/h1-2,7,12-13,17H,3-6,8-9H2,(H,18,19). The van der Waals surface area contributed by atoms with E-state index in [4.69, 9.17) is 9.84 Å². The molecule has 1 fully saturated rings. The number of fused-ring (bicyclic) bond motifs is 1. The quantitative estimate of drug-likeness (QED) is 0.847. The van der Waals surface area contributed by atoms with Crippen LogP contribution in [0.3, 0.4) is 0 Å². The van der Waals surface area contributed by atoms with Crippen LogP contribution in [0.4, 0.5) is 0 Å². The summed E-state index contributed by atoms with van der Waals surface area (Å²) in [5.74, 6) is 0.123. The van der Waals surface area contributed by atoms with E-state index in [0.717, 1.165) is 25.2 Å². The van der Waals surface area contributed by atoms with Crippen molar-refractivity contribution in [1.82, 2.24) is 4.90 Å². The van der Waals surface area contributed by atoms with Gasteiger partial charge in [-0.1, -0.05) is 12.1 Å². The summed E-state index contributed by atoms with van der Waals surface area (Å²) >= 11 is 0. The van der Waals surface area contributed by atoms with Crippen LogP contribution in [0.1, 0.15) is 17.5 Å². The number of aliphatic hydroxyl groups is 1. The SMILES string of the molecule is O=C(O)C1CC(O)CN1CCc1ccc2c(c1)CCO2. The summed E-state index contributed by atoms with van der Waals surface area (Å²) in [7, 11) is 0. The van der Waals surface area contributed by atoms with Gasteiger partial charge in [-0.25, -0.2) is 0 Å². The van der Waals surface area contributed by atoms with Crippen LogP contribution in [0.15, 0.2) is 18.2 Å². The Morgan fingerprint density at radius 2 is 2.30 bits per heavy atom. The van der Waals surface area contributed by atoms with Crippen molar-refractivity contribution >= 4 is 5.97 Å². The Balaban J connectivity index is 1.63. The third-order valence-electron chi connectivity index (χ3n) is 4.11. The lowest BCUT2D eigenvalue weighted by molar-refractivity contribution is -0.142. The number of carboxylic acids is 1. The van der Waals surface area contributed by atoms with Crippen molar-refractivity contribution in [2.45, 2.75) is 31.4 Å². The summed E-state index contributed by atoms with van der Waals surface area (Å²) in [6, 6.07) is 5.62. The molecule has 2 N–H and O–H groups in total. The van der Waals surface area contributed by atoms with Gasteiger partial charge in [-0.15, -0.1) is 0 Å². The number of likely N-dealkylation sites (tertiary alicyclic amines) is 1. The molecule has 2 heterocycles. The van der Waals surface area contributed by atoms with Gasteiger partial charge in [-0.3, -0.25) is 9.69 Å². The van der Waals surface area contributed by atoms with E-state index in [1.165, 1.54) is 11.1 Å². The molecule has 2 aliphatic heterocycles. The van der Waals surface area contributed by atoms with Gasteiger partial charge >= 0.3 is 5.97 Å². The van der Waals surface area contributed by atoms with Gasteiger partial charge in [-0.2, -0.15) is 0 Å². The number of hydrogen-bond acceptors (Lipinski definition) is 4. The number of aliphatic carboxylic acids is 1. The number of ether oxygens (including phenoxy) is 1. The first-order valence-electron chi connectivity index (χ1n) is 7.03. The second kappa shape index (κ2) is 5.42. The zero-order valence-corrected chi connectivity index (χ0v) is 11.3. The average Bonchev–Trinajstić information content (AvgIpc) is 3.01. The fourth-order valence-electron chi connectivity index (χ4n) is 3.05. The highest BCUT2D eigenvalue weighted by Crippen LogP contribution is 2.26. The molecule has 0 radical (unpaired) electrons. The second-order valence-corrected chi connectivity index (χ2v) is 5.53. The minimum absolute atomic E-state index is 0.327. The first kappa shape index (κ1) is 13.4. The zero-order valence-electron chi connectivity index (χ0n) is 11.3. The van der Waals surface area contributed by atoms with Crippen molar-refractivity contribution in [2.75, 3.05) is 19.7 Å². The van der Waals surface area contributed by atoms with Gasteiger partial charge in [0.2, 0.25) is 0 Å². The molecular weight excluding hydrogens is 258 g/mol. The van der Waals surface area contributed by atoms with Crippen molar-refractivity contribution in [3.8, 4) is 5.75 Å². The van der Waals surface area contributed by atoms with Crippen LogP contribution < -0.4 is 4.74 Å². The number of rotatable bonds is 4. The summed E-state index contributed by atoms with van der Waals surface area (Å²) < 4.78 is 5.47. The Morgan fingerprint density at radius 3 is 3.10 bits per heavy atom. The Hall–Kier alpha value is -1.59. The fraction of sp³-hybridized carbons (Fsp3) is 0.533. The van der Waals surface area contributed by atoms with Crippen LogP contribution in [0.2, 0.25) is 0 Å². The highest BCUT2D eigenvalue weighted by Gasteiger charge is 2.35. The van der Waals surface area contributed by atoms with E-state index in [2.05, 4.69) is 6.07 Å². The number of β-amino-alcohol motifs (C(OH)–C–C–N with tert-alkyl or cyclic N) is 1. The molecule has 0 aliphatic carbocycles. The van der Waals surface area contributed by atoms with E-state index in [-0.39, 0.29) is 0 Å². The predicted octanol–water partition coefficient (Wildman–Crippen LogP) is 0.684. The van der Waals surface area contributed by atoms with Gasteiger partial charge in [0.25, 0.3) is 0 Å². The Morgan fingerprint density at radius 1 is 1.45 bits per heavy atom. The van der Waals surface area contributed by atoms with E-state index in [1.807, 2.05) is 17.0 Å². The van der Waals surface area contributed by atoms with Gasteiger partial charge in [0.05, 0.1) is 12.7 Å². The molecule has 0 bridgehead atoms. The van der Waals surface area contributed by atoms with Crippen molar-refractivity contribution in [3.05, 3.63) is 29.3 Å². The molecule has 3 rings (SSSR count). The summed E-state index contributed by atoms with van der Waals surface area (Å²) in [4.78, 5) is 13.0. The normalized spacial score (nSPS) is 25.4. The molecule has 108 valence electrons. The van der Waals surface area contributed by atoms with Crippen LogP contribution in [0.25, 0.3) is 0 Å². The number of carbonyl (C=O) groups is 1. The van der Waals surface area contributed by atoms with Gasteiger partial charge in [-0.05, 0) is 23.6 Å². The monoisotopic (exact) mass is 277 g/mol. The molecule has 1 aromatic rings. The van der Waals surface area contributed by atoms with E-state index >= 15 is 0 Å². The van der Waals surface area contributed by atoms with Gasteiger partial charge in [0.15, 0.2) is 0 Å². The van der Waals surface area contributed by atoms with E-state index in [0.29, 0.717) is 19.5 Å². The molecule has 2 unspecified atom stereocenters. The molecular formula is C15H19NO4. The molecule has 2 aliphatic rings. The topological polar surface area (TPSA) is 70.0 Å². The lowest BCUT2D eigenvalue weighted by Gasteiger charge is -2.20. The van der Waals surface area contributed by atoms with Gasteiger partial charge in [0.1, 0.15) is 11.8 Å². The summed E-state index contributed by atoms with van der Waals surface area (Å²) in [6.07, 6.45) is 1.55. The van der Waals surface area contributed by atoms with Crippen LogP contribution in [0, 0.1) is 0 Å². The van der Waals surface area contributed by atoms with Crippen molar-refractivity contribution in [1.29, 1.82) is 0 Å². The number of benzene rings is 1. The van der Waals surface area contributed by atoms with Crippen molar-refractivity contribution in [3.63, 3.8) is 0 Å². The molecule has 5 heteroatoms. The van der Waals surface area contributed by atoms with Crippen LogP contribution in [-0.2, 0) is 17.6 Å². The van der Waals surface area contributed by atoms with E-state index in [9.17, 15) is 9.90 Å². The van der Waals surface area contributed by atoms with Gasteiger partial charge in [0, 0.05) is 25.9 Å². The molecule has 20 heavy (non-hydrogen) atoms. The highest BCUT2D eigenvalue weighted by atomic mass is 16.5. The maximum absolute atomic E-state index is 11.2. The van der Waals surface area contributed by atoms with Crippen LogP contribution in [-0.4, -0.2) is 52.9 Å². The molecule has 0 amide bonds. The fourth-order valence-corrected chi connectivity index (χ4v) is 3.05. The Bertz CT molecular complexity index is 517. The van der Waals surface area contributed by atoms with Crippen molar-refractivity contribution in [2.24, 2.45) is 0 Å². The molecule has 0 spiro atoms. The molecule has 1 saturated heterocycles. The predicted molar refractivity (Wildman–Crippen MR) is 73.0 cm³/mol. The highest BCUT2D eigenvalue weighted by molar-refractivity contribution is 5.74. The molecule has 0 saturated carbocycles. The van der Waals surface area contributed by atoms with Crippen LogP contribution in [0.5, 0.6) is 5.75 Å². The van der Waals surface area contributed by atoms with E-state index in [1.54, 1.807) is 0 Å². The Labute approximate surface area is 117 Å². The Kier molecular flexibility index (Phi) is 3.63. The molecule has 2 atom stereocenters. The third-order valence-corrected chi connectivity index (χ3v) is 4.11. The number of aliphatic hydroxyl groups excluding tert-OH is 1. The lowest BCUT2D eigenvalue weighted by Crippen LogP contribution is -2.37. The number of nitrogens with zero attached hydrogens (tertiary/aromatic N) is 1. The first-order chi connectivity index (χ1) is 9.63. The van der Waals surface area contributed by atoms with Crippen molar-refractivity contribution < 1.29 is 19.7 Å². The lowest BCUT2D eigenvalue weighted by atomic mass is 10.1. The third kappa shape index (κ3) is 2.64. The largest absolute Gasteiger partial charge is 0.493 e. The minimum Gasteiger partial charge on any atom is -0.493 e. The van der Waals surface area contributed by atoms with Crippen LogP contribution >= 0.6 is 0 Å². The maximum Gasteiger partial charge on any atom is 0.321 e. The first-order valence-corrected chi connectivity index (χ1v) is 7.03. The molecule has 1 aromatic carbocycles. The summed E-state index contributed by atoms with van der Waals surface area (Å²) in [5.41, 5.74) is 2.43. The maximum atomic E-state index is 11.2. The smallest absolute Gasteiger partial charge is 0.321 e. The molecule has 5 nitrogen and oxygen atoms in total. The second-order valence-electron chi connectivity index (χ2n) is 5.53. The molecule has 0 aromatic heterocycles. The van der Waals surface area contributed by atoms with Gasteiger partial charge < -0.3 is 14.9 Å².